The van der Waals surface area contributed by atoms with Gasteiger partial charge in [-0.25, -0.2) is 4.98 Å². The van der Waals surface area contributed by atoms with Crippen LogP contribution in [0.25, 0.3) is 0 Å². The molecule has 0 radical (unpaired) electrons. The van der Waals surface area contributed by atoms with Gasteiger partial charge in [-0.3, -0.25) is 4.79 Å². The van der Waals surface area contributed by atoms with Crippen LogP contribution >= 0.6 is 0 Å². The standard InChI is InChI=1S/C12H18N2O2/c1-9(2)13-8-6-10(15)12-11(16-3)5-4-7-14-12/h4-5,7,9,13H,6,8H2,1-3H3. The van der Waals surface area contributed by atoms with E-state index in [0.717, 1.165) is 0 Å². The third kappa shape index (κ3) is 3.62. The van der Waals surface area contributed by atoms with E-state index in [4.69, 9.17) is 4.74 Å². The number of carbonyl (C=O) groups is 1. The van der Waals surface area contributed by atoms with E-state index in [9.17, 15) is 4.79 Å². The fraction of sp³-hybridized carbons (Fsp3) is 0.500. The SMILES string of the molecule is COc1cccnc1C(=O)CCNC(C)C. The molecular weight excluding hydrogens is 204 g/mol. The molecular formula is C12H18N2O2. The van der Waals surface area contributed by atoms with Crippen LogP contribution in [0.15, 0.2) is 18.3 Å². The van der Waals surface area contributed by atoms with Gasteiger partial charge in [0, 0.05) is 25.2 Å². The maximum Gasteiger partial charge on any atom is 0.186 e. The summed E-state index contributed by atoms with van der Waals surface area (Å²) in [5, 5.41) is 3.19. The maximum atomic E-state index is 11.8. The second-order valence-corrected chi connectivity index (χ2v) is 3.84. The number of ether oxygens (including phenoxy) is 1. The highest BCUT2D eigenvalue weighted by molar-refractivity contribution is 5.96. The monoisotopic (exact) mass is 222 g/mol. The van der Waals surface area contributed by atoms with Gasteiger partial charge in [-0.2, -0.15) is 0 Å². The van der Waals surface area contributed by atoms with Crippen molar-refractivity contribution in [3.05, 3.63) is 24.0 Å². The first-order chi connectivity index (χ1) is 7.65. The van der Waals surface area contributed by atoms with E-state index < -0.39 is 0 Å². The van der Waals surface area contributed by atoms with Gasteiger partial charge in [0.15, 0.2) is 5.78 Å². The molecule has 0 aliphatic rings. The average Bonchev–Trinajstić information content (AvgIpc) is 2.28. The van der Waals surface area contributed by atoms with Gasteiger partial charge in [-0.05, 0) is 12.1 Å². The number of nitrogens with one attached hydrogen (secondary N) is 1. The van der Waals surface area contributed by atoms with Crippen LogP contribution in [0.5, 0.6) is 5.75 Å². The van der Waals surface area contributed by atoms with E-state index in [1.54, 1.807) is 25.4 Å². The molecule has 0 aliphatic heterocycles. The van der Waals surface area contributed by atoms with Gasteiger partial charge in [0.25, 0.3) is 0 Å². The average molecular weight is 222 g/mol. The highest BCUT2D eigenvalue weighted by Gasteiger charge is 2.12. The fourth-order valence-electron chi connectivity index (χ4n) is 1.36. The summed E-state index contributed by atoms with van der Waals surface area (Å²) in [6.07, 6.45) is 2.04. The quantitative estimate of drug-likeness (QED) is 0.744. The number of hydrogen-bond acceptors (Lipinski definition) is 4. The van der Waals surface area contributed by atoms with Crippen LogP contribution < -0.4 is 10.1 Å². The highest BCUT2D eigenvalue weighted by atomic mass is 16.5. The smallest absolute Gasteiger partial charge is 0.186 e. The zero-order valence-electron chi connectivity index (χ0n) is 9.99. The van der Waals surface area contributed by atoms with E-state index in [0.29, 0.717) is 30.5 Å². The predicted molar refractivity (Wildman–Crippen MR) is 62.9 cm³/mol. The lowest BCUT2D eigenvalue weighted by molar-refractivity contribution is 0.0974. The van der Waals surface area contributed by atoms with Crippen molar-refractivity contribution < 1.29 is 9.53 Å². The lowest BCUT2D eigenvalue weighted by Crippen LogP contribution is -2.25. The predicted octanol–water partition coefficient (Wildman–Crippen LogP) is 1.66. The minimum absolute atomic E-state index is 0.00519. The van der Waals surface area contributed by atoms with Gasteiger partial charge in [-0.1, -0.05) is 13.8 Å². The van der Waals surface area contributed by atoms with Crippen molar-refractivity contribution in [2.24, 2.45) is 0 Å². The van der Waals surface area contributed by atoms with E-state index in [-0.39, 0.29) is 5.78 Å². The summed E-state index contributed by atoms with van der Waals surface area (Å²) >= 11 is 0. The Morgan fingerprint density at radius 1 is 1.56 bits per heavy atom. The Morgan fingerprint density at radius 2 is 2.31 bits per heavy atom. The number of methoxy groups -OCH3 is 1. The number of ketones is 1. The van der Waals surface area contributed by atoms with Gasteiger partial charge in [0.05, 0.1) is 7.11 Å². The molecule has 16 heavy (non-hydrogen) atoms. The van der Waals surface area contributed by atoms with Gasteiger partial charge in [0.2, 0.25) is 0 Å². The molecule has 88 valence electrons. The van der Waals surface area contributed by atoms with Crippen molar-refractivity contribution in [2.45, 2.75) is 26.3 Å². The third-order valence-corrected chi connectivity index (χ3v) is 2.16. The molecule has 1 aromatic rings. The molecule has 4 heteroatoms. The zero-order chi connectivity index (χ0) is 12.0. The van der Waals surface area contributed by atoms with Gasteiger partial charge in [0.1, 0.15) is 11.4 Å². The summed E-state index contributed by atoms with van der Waals surface area (Å²) in [7, 11) is 1.54. The highest BCUT2D eigenvalue weighted by Crippen LogP contribution is 2.15. The number of carbonyl (C=O) groups excluding carboxylic acids is 1. The summed E-state index contributed by atoms with van der Waals surface area (Å²) in [6, 6.07) is 3.89. The molecule has 1 heterocycles. The Labute approximate surface area is 96.0 Å². The van der Waals surface area contributed by atoms with Crippen molar-refractivity contribution >= 4 is 5.78 Å². The zero-order valence-corrected chi connectivity index (χ0v) is 9.99. The van der Waals surface area contributed by atoms with Crippen molar-refractivity contribution in [2.75, 3.05) is 13.7 Å². The van der Waals surface area contributed by atoms with Gasteiger partial charge < -0.3 is 10.1 Å². The molecule has 0 spiro atoms. The van der Waals surface area contributed by atoms with Gasteiger partial charge in [-0.15, -0.1) is 0 Å². The minimum atomic E-state index is 0.00519. The van der Waals surface area contributed by atoms with E-state index in [1.165, 1.54) is 0 Å². The molecule has 0 atom stereocenters. The number of pyridine rings is 1. The Balaban J connectivity index is 2.59. The molecule has 0 bridgehead atoms. The van der Waals surface area contributed by atoms with Crippen LogP contribution in [-0.4, -0.2) is 30.5 Å². The second-order valence-electron chi connectivity index (χ2n) is 3.84. The van der Waals surface area contributed by atoms with Crippen LogP contribution in [0.1, 0.15) is 30.8 Å². The van der Waals surface area contributed by atoms with E-state index in [1.807, 2.05) is 13.8 Å². The largest absolute Gasteiger partial charge is 0.494 e. The summed E-state index contributed by atoms with van der Waals surface area (Å²) in [5.41, 5.74) is 0.413. The summed E-state index contributed by atoms with van der Waals surface area (Å²) < 4.78 is 5.09. The van der Waals surface area contributed by atoms with Crippen LogP contribution in [0.3, 0.4) is 0 Å². The Kier molecular flexibility index (Phi) is 4.92. The molecule has 0 amide bonds. The maximum absolute atomic E-state index is 11.8. The molecule has 0 fully saturated rings. The normalized spacial score (nSPS) is 10.5. The number of hydrogen-bond donors (Lipinski definition) is 1. The first-order valence-electron chi connectivity index (χ1n) is 5.40. The lowest BCUT2D eigenvalue weighted by atomic mass is 10.2. The van der Waals surface area contributed by atoms with Gasteiger partial charge >= 0.3 is 0 Å². The van der Waals surface area contributed by atoms with Crippen molar-refractivity contribution in [3.8, 4) is 5.75 Å². The Bertz CT molecular complexity index is 351. The number of rotatable bonds is 6. The summed E-state index contributed by atoms with van der Waals surface area (Å²) in [6.45, 7) is 4.76. The molecule has 1 N–H and O–H groups in total. The lowest BCUT2D eigenvalue weighted by Gasteiger charge is -2.08. The van der Waals surface area contributed by atoms with E-state index >= 15 is 0 Å². The first-order valence-corrected chi connectivity index (χ1v) is 5.40. The molecule has 4 nitrogen and oxygen atoms in total. The Hall–Kier alpha value is -1.42. The number of Topliss-reactive ketones (excluding diaryl/α,β-unsaturated/α-hetero) is 1. The number of nitrogens with zero attached hydrogens (tertiary/aromatic N) is 1. The summed E-state index contributed by atoms with van der Waals surface area (Å²) in [5.74, 6) is 0.544. The third-order valence-electron chi connectivity index (χ3n) is 2.16. The topological polar surface area (TPSA) is 51.2 Å². The first kappa shape index (κ1) is 12.6. The molecule has 1 rings (SSSR count). The molecule has 0 aliphatic carbocycles. The molecule has 1 aromatic heterocycles. The number of aromatic nitrogens is 1. The van der Waals surface area contributed by atoms with E-state index in [2.05, 4.69) is 10.3 Å². The minimum Gasteiger partial charge on any atom is -0.494 e. The van der Waals surface area contributed by atoms with Crippen LogP contribution in [-0.2, 0) is 0 Å². The van der Waals surface area contributed by atoms with Crippen molar-refractivity contribution in [1.29, 1.82) is 0 Å². The summed E-state index contributed by atoms with van der Waals surface area (Å²) in [4.78, 5) is 15.9. The molecule has 0 saturated carbocycles. The Morgan fingerprint density at radius 3 is 2.94 bits per heavy atom. The molecule has 0 unspecified atom stereocenters. The van der Waals surface area contributed by atoms with Crippen molar-refractivity contribution in [3.63, 3.8) is 0 Å². The fourth-order valence-corrected chi connectivity index (χ4v) is 1.36. The van der Waals surface area contributed by atoms with Crippen LogP contribution in [0, 0.1) is 0 Å². The molecule has 0 aromatic carbocycles. The van der Waals surface area contributed by atoms with Crippen LogP contribution in [0.2, 0.25) is 0 Å². The van der Waals surface area contributed by atoms with Crippen molar-refractivity contribution in [1.82, 2.24) is 10.3 Å². The van der Waals surface area contributed by atoms with Crippen LogP contribution in [0.4, 0.5) is 0 Å². The second kappa shape index (κ2) is 6.23. The molecule has 0 saturated heterocycles.